The van der Waals surface area contributed by atoms with Crippen LogP contribution in [0.5, 0.6) is 0 Å². The number of hydrogen-bond donors (Lipinski definition) is 0. The zero-order valence-corrected chi connectivity index (χ0v) is 11.2. The van der Waals surface area contributed by atoms with Gasteiger partial charge in [0.1, 0.15) is 5.82 Å². The van der Waals surface area contributed by atoms with Crippen LogP contribution in [-0.2, 0) is 0 Å². The van der Waals surface area contributed by atoms with Gasteiger partial charge in [0, 0.05) is 24.7 Å². The van der Waals surface area contributed by atoms with E-state index >= 15 is 0 Å². The summed E-state index contributed by atoms with van der Waals surface area (Å²) in [5.41, 5.74) is 1.10. The molecule has 0 aliphatic carbocycles. The zero-order chi connectivity index (χ0) is 12.5. The molecule has 0 aromatic heterocycles. The van der Waals surface area contributed by atoms with E-state index < -0.39 is 0 Å². The van der Waals surface area contributed by atoms with E-state index in [4.69, 9.17) is 11.6 Å². The number of rotatable bonds is 8. The van der Waals surface area contributed by atoms with E-state index in [-0.39, 0.29) is 5.82 Å². The Morgan fingerprint density at radius 2 is 1.71 bits per heavy atom. The molecule has 0 unspecified atom stereocenters. The highest BCUT2D eigenvalue weighted by Crippen LogP contribution is 2.15. The minimum atomic E-state index is -0.174. The van der Waals surface area contributed by atoms with E-state index in [9.17, 15) is 4.39 Å². The third kappa shape index (κ3) is 5.40. The molecule has 17 heavy (non-hydrogen) atoms. The lowest BCUT2D eigenvalue weighted by Crippen LogP contribution is -2.23. The van der Waals surface area contributed by atoms with Crippen molar-refractivity contribution < 1.29 is 4.39 Å². The average Bonchev–Trinajstić information content (AvgIpc) is 2.35. The number of halogens is 2. The van der Waals surface area contributed by atoms with Crippen LogP contribution >= 0.6 is 11.6 Å². The van der Waals surface area contributed by atoms with Gasteiger partial charge in [0.25, 0.3) is 0 Å². The summed E-state index contributed by atoms with van der Waals surface area (Å²) in [6.07, 6.45) is 4.68. The molecule has 96 valence electrons. The van der Waals surface area contributed by atoms with Crippen molar-refractivity contribution in [1.82, 2.24) is 0 Å². The van der Waals surface area contributed by atoms with Crippen LogP contribution in [0.4, 0.5) is 10.1 Å². The largest absolute Gasteiger partial charge is 0.372 e. The average molecular weight is 258 g/mol. The molecule has 0 aliphatic heterocycles. The first-order valence-corrected chi connectivity index (χ1v) is 6.88. The molecule has 0 atom stereocenters. The maximum absolute atomic E-state index is 12.8. The van der Waals surface area contributed by atoms with Gasteiger partial charge < -0.3 is 4.90 Å². The highest BCUT2D eigenvalue weighted by Gasteiger charge is 2.03. The van der Waals surface area contributed by atoms with Crippen LogP contribution < -0.4 is 4.90 Å². The molecule has 0 fully saturated rings. The summed E-state index contributed by atoms with van der Waals surface area (Å²) in [4.78, 5) is 2.28. The fraction of sp³-hybridized carbons (Fsp3) is 0.571. The van der Waals surface area contributed by atoms with Crippen LogP contribution in [0.25, 0.3) is 0 Å². The molecule has 0 aliphatic rings. The second-order valence-electron chi connectivity index (χ2n) is 4.16. The Labute approximate surface area is 109 Å². The van der Waals surface area contributed by atoms with Gasteiger partial charge >= 0.3 is 0 Å². The Kier molecular flexibility index (Phi) is 7.02. The van der Waals surface area contributed by atoms with Gasteiger partial charge in [-0.3, -0.25) is 0 Å². The topological polar surface area (TPSA) is 3.24 Å². The molecule has 0 N–H and O–H groups in total. The molecule has 0 amide bonds. The maximum Gasteiger partial charge on any atom is 0.123 e. The van der Waals surface area contributed by atoms with Crippen molar-refractivity contribution in [2.45, 2.75) is 32.6 Å². The van der Waals surface area contributed by atoms with Crippen LogP contribution in [0.2, 0.25) is 0 Å². The summed E-state index contributed by atoms with van der Waals surface area (Å²) in [6, 6.07) is 6.73. The Bertz CT molecular complexity index is 300. The Balaban J connectivity index is 2.35. The van der Waals surface area contributed by atoms with Crippen LogP contribution in [0.15, 0.2) is 24.3 Å². The van der Waals surface area contributed by atoms with Crippen molar-refractivity contribution in [3.8, 4) is 0 Å². The summed E-state index contributed by atoms with van der Waals surface area (Å²) in [5, 5.41) is 0. The van der Waals surface area contributed by atoms with Crippen molar-refractivity contribution in [3.05, 3.63) is 30.1 Å². The highest BCUT2D eigenvalue weighted by molar-refractivity contribution is 6.17. The molecule has 0 heterocycles. The molecule has 0 saturated heterocycles. The molecule has 0 bridgehead atoms. The first-order chi connectivity index (χ1) is 8.27. The number of nitrogens with zero attached hydrogens (tertiary/aromatic N) is 1. The summed E-state index contributed by atoms with van der Waals surface area (Å²) in [5.74, 6) is 0.585. The smallest absolute Gasteiger partial charge is 0.123 e. The summed E-state index contributed by atoms with van der Waals surface area (Å²) in [6.45, 7) is 4.12. The molecule has 1 aromatic rings. The third-order valence-electron chi connectivity index (χ3n) is 2.89. The number of anilines is 1. The molecular formula is C14H21ClFN. The summed E-state index contributed by atoms with van der Waals surface area (Å²) >= 11 is 5.64. The van der Waals surface area contributed by atoms with Gasteiger partial charge in [-0.15, -0.1) is 11.6 Å². The highest BCUT2D eigenvalue weighted by atomic mass is 35.5. The lowest BCUT2D eigenvalue weighted by molar-refractivity contribution is 0.626. The second kappa shape index (κ2) is 8.35. The Hall–Kier alpha value is -0.760. The molecule has 1 rings (SSSR count). The van der Waals surface area contributed by atoms with Crippen LogP contribution in [0.1, 0.15) is 32.6 Å². The van der Waals surface area contributed by atoms with E-state index in [1.165, 1.54) is 31.4 Å². The van der Waals surface area contributed by atoms with Crippen molar-refractivity contribution in [3.63, 3.8) is 0 Å². The predicted octanol–water partition coefficient (Wildman–Crippen LogP) is 4.45. The quantitative estimate of drug-likeness (QED) is 0.491. The fourth-order valence-electron chi connectivity index (χ4n) is 1.87. The molecule has 0 spiro atoms. The number of alkyl halides is 1. The standard InChI is InChI=1S/C14H21ClFN/c1-2-17(12-6-4-3-5-11-15)14-9-7-13(16)8-10-14/h7-10H,2-6,11-12H2,1H3. The van der Waals surface area contributed by atoms with E-state index in [1.807, 2.05) is 12.1 Å². The van der Waals surface area contributed by atoms with Crippen LogP contribution in [-0.4, -0.2) is 19.0 Å². The van der Waals surface area contributed by atoms with Gasteiger partial charge in [0.15, 0.2) is 0 Å². The van der Waals surface area contributed by atoms with Gasteiger partial charge in [0.05, 0.1) is 0 Å². The molecule has 1 nitrogen and oxygen atoms in total. The fourth-order valence-corrected chi connectivity index (χ4v) is 2.06. The van der Waals surface area contributed by atoms with Gasteiger partial charge in [0.2, 0.25) is 0 Å². The first-order valence-electron chi connectivity index (χ1n) is 6.34. The normalized spacial score (nSPS) is 10.5. The molecule has 0 radical (unpaired) electrons. The van der Waals surface area contributed by atoms with E-state index in [2.05, 4.69) is 11.8 Å². The van der Waals surface area contributed by atoms with Crippen molar-refractivity contribution in [2.24, 2.45) is 0 Å². The number of hydrogen-bond acceptors (Lipinski definition) is 1. The molecule has 0 saturated carbocycles. The monoisotopic (exact) mass is 257 g/mol. The lowest BCUT2D eigenvalue weighted by atomic mass is 10.2. The van der Waals surface area contributed by atoms with Gasteiger partial charge in [-0.05, 0) is 44.0 Å². The van der Waals surface area contributed by atoms with Gasteiger partial charge in [-0.25, -0.2) is 4.39 Å². The molecular weight excluding hydrogens is 237 g/mol. The van der Waals surface area contributed by atoms with E-state index in [1.54, 1.807) is 0 Å². The molecule has 3 heteroatoms. The summed E-state index contributed by atoms with van der Waals surface area (Å²) < 4.78 is 12.8. The zero-order valence-electron chi connectivity index (χ0n) is 10.5. The third-order valence-corrected chi connectivity index (χ3v) is 3.15. The Morgan fingerprint density at radius 3 is 2.29 bits per heavy atom. The second-order valence-corrected chi connectivity index (χ2v) is 4.54. The first kappa shape index (κ1) is 14.3. The predicted molar refractivity (Wildman–Crippen MR) is 73.5 cm³/mol. The van der Waals surface area contributed by atoms with Crippen LogP contribution in [0, 0.1) is 5.82 Å². The van der Waals surface area contributed by atoms with Crippen LogP contribution in [0.3, 0.4) is 0 Å². The molecule has 1 aromatic carbocycles. The number of benzene rings is 1. The summed E-state index contributed by atoms with van der Waals surface area (Å²) in [7, 11) is 0. The lowest BCUT2D eigenvalue weighted by Gasteiger charge is -2.23. The van der Waals surface area contributed by atoms with Gasteiger partial charge in [-0.1, -0.05) is 12.8 Å². The minimum Gasteiger partial charge on any atom is -0.372 e. The van der Waals surface area contributed by atoms with Gasteiger partial charge in [-0.2, -0.15) is 0 Å². The maximum atomic E-state index is 12.8. The van der Waals surface area contributed by atoms with E-state index in [0.29, 0.717) is 0 Å². The minimum absolute atomic E-state index is 0.174. The Morgan fingerprint density at radius 1 is 1.06 bits per heavy atom. The van der Waals surface area contributed by atoms with Crippen molar-refractivity contribution >= 4 is 17.3 Å². The van der Waals surface area contributed by atoms with Crippen molar-refractivity contribution in [2.75, 3.05) is 23.9 Å². The number of unbranched alkanes of at least 4 members (excludes halogenated alkanes) is 3. The SMILES string of the molecule is CCN(CCCCCCCl)c1ccc(F)cc1. The van der Waals surface area contributed by atoms with E-state index in [0.717, 1.165) is 31.1 Å². The van der Waals surface area contributed by atoms with Crippen molar-refractivity contribution in [1.29, 1.82) is 0 Å².